The minimum atomic E-state index is 0.934. The van der Waals surface area contributed by atoms with Crippen molar-refractivity contribution in [3.63, 3.8) is 0 Å². The lowest BCUT2D eigenvalue weighted by atomic mass is 10.7. The molecule has 0 bridgehead atoms. The molecule has 0 heterocycles. The van der Waals surface area contributed by atoms with Gasteiger partial charge >= 0.3 is 0 Å². The quantitative estimate of drug-likeness (QED) is 0.345. The predicted molar refractivity (Wildman–Crippen MR) is 28.1 cm³/mol. The van der Waals surface area contributed by atoms with Crippen LogP contribution < -0.4 is 0 Å². The molecule has 0 spiro atoms. The van der Waals surface area contributed by atoms with Crippen LogP contribution in [0.4, 0.5) is 0 Å². The summed E-state index contributed by atoms with van der Waals surface area (Å²) in [5, 5.41) is 0. The van der Waals surface area contributed by atoms with E-state index in [2.05, 4.69) is 13.3 Å². The van der Waals surface area contributed by atoms with Crippen molar-refractivity contribution in [3.05, 3.63) is 12.8 Å². The van der Waals surface area contributed by atoms with Crippen LogP contribution >= 0.6 is 0 Å². The first-order valence-corrected chi connectivity index (χ1v) is 2.01. The van der Waals surface area contributed by atoms with Gasteiger partial charge in [0.25, 0.3) is 0 Å². The Morgan fingerprint density at radius 2 is 2.33 bits per heavy atom. The highest BCUT2D eigenvalue weighted by atomic mass is 14.9. The molecule has 0 fully saturated rings. The molecule has 1 heteroatoms. The van der Waals surface area contributed by atoms with Crippen molar-refractivity contribution in [2.45, 2.75) is 6.92 Å². The van der Waals surface area contributed by atoms with Gasteiger partial charge in [-0.2, -0.15) is 0 Å². The second kappa shape index (κ2) is 2.64. The van der Waals surface area contributed by atoms with E-state index < -0.39 is 0 Å². The van der Waals surface area contributed by atoms with E-state index in [9.17, 15) is 0 Å². The van der Waals surface area contributed by atoms with Crippen molar-refractivity contribution in [1.29, 1.82) is 0 Å². The van der Waals surface area contributed by atoms with Gasteiger partial charge in [-0.05, 0) is 13.5 Å². The van der Waals surface area contributed by atoms with Gasteiger partial charge < -0.3 is 0 Å². The maximum atomic E-state index is 3.59. The molecule has 0 saturated heterocycles. The molecule has 0 aliphatic carbocycles. The highest BCUT2D eigenvalue weighted by Gasteiger charge is 1.78. The van der Waals surface area contributed by atoms with Crippen LogP contribution in [-0.2, 0) is 0 Å². The van der Waals surface area contributed by atoms with Crippen molar-refractivity contribution >= 4 is 6.72 Å². The average molecular weight is 84.1 g/mol. The second-order valence-electron chi connectivity index (χ2n) is 1.09. The molecule has 0 unspecified atom stereocenters. The second-order valence-corrected chi connectivity index (χ2v) is 1.09. The monoisotopic (exact) mass is 84.1 g/mol. The van der Waals surface area contributed by atoms with Gasteiger partial charge in [-0.3, -0.25) is 0 Å². The SMILES string of the molecule is C=C[N+](=C)CC. The maximum Gasteiger partial charge on any atom is 0.160 e. The van der Waals surface area contributed by atoms with E-state index >= 15 is 0 Å². The zero-order valence-corrected chi connectivity index (χ0v) is 4.15. The smallest absolute Gasteiger partial charge is 0.160 e. The molecule has 1 nitrogen and oxygen atoms in total. The Morgan fingerprint density at radius 1 is 1.83 bits per heavy atom. The van der Waals surface area contributed by atoms with Crippen molar-refractivity contribution in [3.8, 4) is 0 Å². The summed E-state index contributed by atoms with van der Waals surface area (Å²) < 4.78 is 1.76. The Morgan fingerprint density at radius 3 is 2.33 bits per heavy atom. The van der Waals surface area contributed by atoms with Gasteiger partial charge in [-0.15, -0.1) is 0 Å². The van der Waals surface area contributed by atoms with Crippen LogP contribution in [0.5, 0.6) is 0 Å². The third kappa shape index (κ3) is 1.70. The minimum absolute atomic E-state index is 0.934. The fourth-order valence-electron chi connectivity index (χ4n) is 0.129. The van der Waals surface area contributed by atoms with E-state index in [1.165, 1.54) is 0 Å². The third-order valence-corrected chi connectivity index (χ3v) is 0.664. The summed E-state index contributed by atoms with van der Waals surface area (Å²) in [5.74, 6) is 0. The molecule has 0 aromatic rings. The normalized spacial score (nSPS) is 7.50. The Kier molecular flexibility index (Phi) is 2.38. The van der Waals surface area contributed by atoms with Gasteiger partial charge in [0.2, 0.25) is 0 Å². The lowest BCUT2D eigenvalue weighted by Gasteiger charge is -1.79. The molecule has 0 aromatic carbocycles. The van der Waals surface area contributed by atoms with E-state index in [1.807, 2.05) is 6.92 Å². The Hall–Kier alpha value is -0.590. The van der Waals surface area contributed by atoms with E-state index in [4.69, 9.17) is 0 Å². The van der Waals surface area contributed by atoms with Crippen LogP contribution in [0.15, 0.2) is 12.8 Å². The number of hydrogen-bond donors (Lipinski definition) is 0. The molecular weight excluding hydrogens is 74.1 g/mol. The van der Waals surface area contributed by atoms with Crippen molar-refractivity contribution in [2.24, 2.45) is 0 Å². The third-order valence-electron chi connectivity index (χ3n) is 0.664. The number of nitrogens with zero attached hydrogens (tertiary/aromatic N) is 1. The van der Waals surface area contributed by atoms with Crippen LogP contribution in [0.1, 0.15) is 6.92 Å². The van der Waals surface area contributed by atoms with Crippen molar-refractivity contribution < 1.29 is 4.58 Å². The summed E-state index contributed by atoms with van der Waals surface area (Å²) in [7, 11) is 0. The molecule has 0 saturated carbocycles. The van der Waals surface area contributed by atoms with E-state index in [0.29, 0.717) is 0 Å². The van der Waals surface area contributed by atoms with Crippen LogP contribution in [0.25, 0.3) is 0 Å². The van der Waals surface area contributed by atoms with Crippen LogP contribution in [-0.4, -0.2) is 17.8 Å². The van der Waals surface area contributed by atoms with Gasteiger partial charge in [-0.25, -0.2) is 4.58 Å². The van der Waals surface area contributed by atoms with Gasteiger partial charge in [0.05, 0.1) is 0 Å². The lowest BCUT2D eigenvalue weighted by Crippen LogP contribution is -1.95. The highest BCUT2D eigenvalue weighted by Crippen LogP contribution is 1.64. The Bertz CT molecular complexity index is 64.3. The van der Waals surface area contributed by atoms with Gasteiger partial charge in [0, 0.05) is 0 Å². The number of hydrogen-bond acceptors (Lipinski definition) is 0. The Balaban J connectivity index is 3.23. The summed E-state index contributed by atoms with van der Waals surface area (Å²) in [6.07, 6.45) is 1.69. The molecule has 0 N–H and O–H groups in total. The zero-order chi connectivity index (χ0) is 4.99. The Labute approximate surface area is 38.6 Å². The summed E-state index contributed by atoms with van der Waals surface area (Å²) in [4.78, 5) is 0. The van der Waals surface area contributed by atoms with Crippen molar-refractivity contribution in [2.75, 3.05) is 6.54 Å². The molecule has 0 radical (unpaired) electrons. The zero-order valence-electron chi connectivity index (χ0n) is 4.15. The molecule has 0 aromatic heterocycles. The van der Waals surface area contributed by atoms with Gasteiger partial charge in [-0.1, -0.05) is 0 Å². The molecule has 0 aliphatic heterocycles. The van der Waals surface area contributed by atoms with Crippen LogP contribution in [0.2, 0.25) is 0 Å². The first kappa shape index (κ1) is 5.41. The van der Waals surface area contributed by atoms with Gasteiger partial charge in [0.15, 0.2) is 6.20 Å². The average Bonchev–Trinajstić information content (AvgIpc) is 1.65. The minimum Gasteiger partial charge on any atom is -0.213 e. The van der Waals surface area contributed by atoms with E-state index in [0.717, 1.165) is 6.54 Å². The fraction of sp³-hybridized carbons (Fsp3) is 0.400. The van der Waals surface area contributed by atoms with Gasteiger partial charge in [0.1, 0.15) is 13.3 Å². The lowest BCUT2D eigenvalue weighted by molar-refractivity contribution is -0.442. The van der Waals surface area contributed by atoms with Crippen LogP contribution in [0, 0.1) is 0 Å². The molecular formula is C5H10N+. The molecule has 0 amide bonds. The molecule has 0 rings (SSSR count). The molecule has 0 atom stereocenters. The molecule has 0 aliphatic rings. The van der Waals surface area contributed by atoms with E-state index in [1.54, 1.807) is 10.8 Å². The summed E-state index contributed by atoms with van der Waals surface area (Å²) in [6.45, 7) is 10.0. The predicted octanol–water partition coefficient (Wildman–Crippen LogP) is 0.863. The first-order chi connectivity index (χ1) is 2.81. The first-order valence-electron chi connectivity index (χ1n) is 2.01. The van der Waals surface area contributed by atoms with Crippen molar-refractivity contribution in [1.82, 2.24) is 0 Å². The highest BCUT2D eigenvalue weighted by molar-refractivity contribution is 5.15. The summed E-state index contributed by atoms with van der Waals surface area (Å²) >= 11 is 0. The maximum absolute atomic E-state index is 3.59. The molecule has 34 valence electrons. The van der Waals surface area contributed by atoms with Crippen LogP contribution in [0.3, 0.4) is 0 Å². The summed E-state index contributed by atoms with van der Waals surface area (Å²) in [5.41, 5.74) is 0. The standard InChI is InChI=1S/C5H10N/c1-4-6(3)5-2/h4H,1,3,5H2,2H3/q+1. The number of rotatable bonds is 2. The largest absolute Gasteiger partial charge is 0.213 e. The summed E-state index contributed by atoms with van der Waals surface area (Å²) in [6, 6.07) is 0. The fourth-order valence-corrected chi connectivity index (χ4v) is 0.129. The topological polar surface area (TPSA) is 3.01 Å². The molecule has 6 heavy (non-hydrogen) atoms. The van der Waals surface area contributed by atoms with E-state index in [-0.39, 0.29) is 0 Å².